The van der Waals surface area contributed by atoms with Gasteiger partial charge in [-0.05, 0) is 42.5 Å². The van der Waals surface area contributed by atoms with Crippen LogP contribution < -0.4 is 10.6 Å². The van der Waals surface area contributed by atoms with Gasteiger partial charge in [0.05, 0.1) is 18.5 Å². The van der Waals surface area contributed by atoms with Crippen LogP contribution in [0.15, 0.2) is 47.2 Å². The highest BCUT2D eigenvalue weighted by molar-refractivity contribution is 7.14. The van der Waals surface area contributed by atoms with E-state index in [0.717, 1.165) is 17.0 Å². The van der Waals surface area contributed by atoms with Crippen LogP contribution in [0.1, 0.15) is 53.8 Å². The minimum Gasteiger partial charge on any atom is -0.352 e. The van der Waals surface area contributed by atoms with E-state index in [9.17, 15) is 9.59 Å². The number of nitrogens with one attached hydrogen (secondary N) is 2. The maximum atomic E-state index is 12.6. The van der Waals surface area contributed by atoms with Crippen molar-refractivity contribution in [3.05, 3.63) is 68.9 Å². The topological polar surface area (TPSA) is 74.3 Å². The summed E-state index contributed by atoms with van der Waals surface area (Å²) in [5.41, 5.74) is 3.08. The molecule has 2 heterocycles. The van der Waals surface area contributed by atoms with Crippen LogP contribution in [0.3, 0.4) is 0 Å². The molecule has 0 saturated heterocycles. The van der Waals surface area contributed by atoms with E-state index in [1.165, 1.54) is 49.0 Å². The van der Waals surface area contributed by atoms with E-state index in [2.05, 4.69) is 45.8 Å². The molecule has 1 aliphatic carbocycles. The predicted octanol–water partition coefficient (Wildman–Crippen LogP) is 5.01. The highest BCUT2D eigenvalue weighted by atomic mass is 32.1. The lowest BCUT2D eigenvalue weighted by atomic mass is 9.94. The molecule has 2 aromatic heterocycles. The first kappa shape index (κ1) is 24.6. The second kappa shape index (κ2) is 12.2. The minimum atomic E-state index is -0.0948. The summed E-state index contributed by atoms with van der Waals surface area (Å²) in [6.07, 6.45) is 7.09. The molecule has 0 unspecified atom stereocenters. The number of thiazole rings is 1. The summed E-state index contributed by atoms with van der Waals surface area (Å²) in [6, 6.07) is 12.9. The number of aromatic nitrogens is 1. The standard InChI is InChI=1S/C26H32N4O2S2/c1-30(22-10-3-2-4-11-22)17-20-9-6-5-8-19(20)16-27-24(31)14-21-18-34-26(28-21)29-25(32)15-23-12-7-13-33-23/h5-9,12-13,18,22H,2-4,10-11,14-17H2,1H3,(H,27,31)(H,28,29,32). The molecule has 0 atom stereocenters. The van der Waals surface area contributed by atoms with Crippen molar-refractivity contribution >= 4 is 39.6 Å². The van der Waals surface area contributed by atoms with E-state index in [1.54, 1.807) is 11.3 Å². The van der Waals surface area contributed by atoms with Gasteiger partial charge in [-0.15, -0.1) is 22.7 Å². The van der Waals surface area contributed by atoms with Gasteiger partial charge in [0, 0.05) is 29.4 Å². The minimum absolute atomic E-state index is 0.0720. The molecule has 0 radical (unpaired) electrons. The molecular weight excluding hydrogens is 464 g/mol. The fourth-order valence-corrected chi connectivity index (χ4v) is 5.83. The van der Waals surface area contributed by atoms with Crippen LogP contribution in [-0.2, 0) is 35.5 Å². The van der Waals surface area contributed by atoms with Crippen LogP contribution in [0, 0.1) is 0 Å². The van der Waals surface area contributed by atoms with Crippen LogP contribution in [0.2, 0.25) is 0 Å². The van der Waals surface area contributed by atoms with Crippen LogP contribution in [0.25, 0.3) is 0 Å². The first-order valence-electron chi connectivity index (χ1n) is 11.9. The Balaban J connectivity index is 1.25. The Labute approximate surface area is 209 Å². The Hall–Kier alpha value is -2.55. The fraction of sp³-hybridized carbons (Fsp3) is 0.423. The van der Waals surface area contributed by atoms with Gasteiger partial charge < -0.3 is 10.6 Å². The molecule has 1 saturated carbocycles. The molecule has 180 valence electrons. The number of hydrogen-bond donors (Lipinski definition) is 2. The average Bonchev–Trinajstić information content (AvgIpc) is 3.51. The molecule has 0 aliphatic heterocycles. The van der Waals surface area contributed by atoms with Gasteiger partial charge in [0.1, 0.15) is 0 Å². The summed E-state index contributed by atoms with van der Waals surface area (Å²) in [4.78, 5) is 32.6. The van der Waals surface area contributed by atoms with Crippen LogP contribution in [-0.4, -0.2) is 34.8 Å². The Morgan fingerprint density at radius 3 is 2.56 bits per heavy atom. The Morgan fingerprint density at radius 2 is 1.79 bits per heavy atom. The van der Waals surface area contributed by atoms with Gasteiger partial charge in [0.25, 0.3) is 0 Å². The van der Waals surface area contributed by atoms with Gasteiger partial charge in [-0.3, -0.25) is 14.5 Å². The summed E-state index contributed by atoms with van der Waals surface area (Å²) < 4.78 is 0. The third kappa shape index (κ3) is 7.22. The highest BCUT2D eigenvalue weighted by Crippen LogP contribution is 2.24. The Morgan fingerprint density at radius 1 is 1.00 bits per heavy atom. The van der Waals surface area contributed by atoms with E-state index >= 15 is 0 Å². The summed E-state index contributed by atoms with van der Waals surface area (Å²) in [5, 5.41) is 10.2. The number of hydrogen-bond acceptors (Lipinski definition) is 6. The lowest BCUT2D eigenvalue weighted by Crippen LogP contribution is -2.33. The summed E-state index contributed by atoms with van der Waals surface area (Å²) in [6.45, 7) is 1.40. The Kier molecular flexibility index (Phi) is 8.85. The number of amides is 2. The summed E-state index contributed by atoms with van der Waals surface area (Å²) in [5.74, 6) is -0.167. The number of anilines is 1. The molecular formula is C26H32N4O2S2. The van der Waals surface area contributed by atoms with Gasteiger partial charge in [-0.1, -0.05) is 49.6 Å². The maximum Gasteiger partial charge on any atom is 0.231 e. The number of thiophene rings is 1. The predicted molar refractivity (Wildman–Crippen MR) is 139 cm³/mol. The molecule has 0 bridgehead atoms. The van der Waals surface area contributed by atoms with Gasteiger partial charge in [-0.25, -0.2) is 4.98 Å². The van der Waals surface area contributed by atoms with Crippen molar-refractivity contribution in [3.8, 4) is 0 Å². The lowest BCUT2D eigenvalue weighted by molar-refractivity contribution is -0.120. The van der Waals surface area contributed by atoms with E-state index in [-0.39, 0.29) is 18.2 Å². The van der Waals surface area contributed by atoms with Crippen molar-refractivity contribution in [3.63, 3.8) is 0 Å². The van der Waals surface area contributed by atoms with E-state index in [0.29, 0.717) is 29.8 Å². The van der Waals surface area contributed by atoms with Gasteiger partial charge >= 0.3 is 0 Å². The number of carbonyl (C=O) groups excluding carboxylic acids is 2. The van der Waals surface area contributed by atoms with Crippen molar-refractivity contribution in [2.24, 2.45) is 0 Å². The van der Waals surface area contributed by atoms with Crippen LogP contribution in [0.5, 0.6) is 0 Å². The third-order valence-electron chi connectivity index (χ3n) is 6.27. The molecule has 1 fully saturated rings. The zero-order valence-electron chi connectivity index (χ0n) is 19.6. The van der Waals surface area contributed by atoms with E-state index in [4.69, 9.17) is 0 Å². The van der Waals surface area contributed by atoms with Gasteiger partial charge in [0.15, 0.2) is 5.13 Å². The number of benzene rings is 1. The highest BCUT2D eigenvalue weighted by Gasteiger charge is 2.19. The lowest BCUT2D eigenvalue weighted by Gasteiger charge is -2.31. The van der Waals surface area contributed by atoms with Crippen molar-refractivity contribution in [1.29, 1.82) is 0 Å². The molecule has 1 aliphatic rings. The molecule has 1 aromatic carbocycles. The van der Waals surface area contributed by atoms with Crippen LogP contribution in [0.4, 0.5) is 5.13 Å². The van der Waals surface area contributed by atoms with Crippen molar-refractivity contribution in [1.82, 2.24) is 15.2 Å². The van der Waals surface area contributed by atoms with Gasteiger partial charge in [0.2, 0.25) is 11.8 Å². The van der Waals surface area contributed by atoms with Crippen molar-refractivity contribution in [2.75, 3.05) is 12.4 Å². The zero-order valence-corrected chi connectivity index (χ0v) is 21.2. The average molecular weight is 497 g/mol. The van der Waals surface area contributed by atoms with Crippen molar-refractivity contribution in [2.45, 2.75) is 64.1 Å². The molecule has 34 heavy (non-hydrogen) atoms. The first-order chi connectivity index (χ1) is 16.6. The maximum absolute atomic E-state index is 12.6. The first-order valence-corrected chi connectivity index (χ1v) is 13.6. The fourth-order valence-electron chi connectivity index (χ4n) is 4.41. The van der Waals surface area contributed by atoms with Crippen molar-refractivity contribution < 1.29 is 9.59 Å². The third-order valence-corrected chi connectivity index (χ3v) is 7.95. The summed E-state index contributed by atoms with van der Waals surface area (Å²) in [7, 11) is 2.21. The second-order valence-corrected chi connectivity index (χ2v) is 10.8. The number of nitrogens with zero attached hydrogens (tertiary/aromatic N) is 2. The quantitative estimate of drug-likeness (QED) is 0.414. The monoisotopic (exact) mass is 496 g/mol. The molecule has 0 spiro atoms. The molecule has 6 nitrogen and oxygen atoms in total. The van der Waals surface area contributed by atoms with E-state index in [1.807, 2.05) is 29.0 Å². The van der Waals surface area contributed by atoms with Gasteiger partial charge in [-0.2, -0.15) is 0 Å². The largest absolute Gasteiger partial charge is 0.352 e. The zero-order chi connectivity index (χ0) is 23.8. The SMILES string of the molecule is CN(Cc1ccccc1CNC(=O)Cc1csc(NC(=O)Cc2cccs2)n1)C1CCCCC1. The molecule has 8 heteroatoms. The summed E-state index contributed by atoms with van der Waals surface area (Å²) >= 11 is 2.90. The molecule has 2 amide bonds. The van der Waals surface area contributed by atoms with Crippen LogP contribution >= 0.6 is 22.7 Å². The number of carbonyl (C=O) groups is 2. The van der Waals surface area contributed by atoms with E-state index < -0.39 is 0 Å². The Bertz CT molecular complexity index is 1070. The smallest absolute Gasteiger partial charge is 0.231 e. The normalized spacial score (nSPS) is 14.3. The molecule has 4 rings (SSSR count). The molecule has 2 N–H and O–H groups in total. The molecule has 3 aromatic rings. The second-order valence-electron chi connectivity index (χ2n) is 8.88. The number of rotatable bonds is 10.